The first-order valence-electron chi connectivity index (χ1n) is 6.14. The van der Waals surface area contributed by atoms with Crippen LogP contribution in [0.2, 0.25) is 0 Å². The lowest BCUT2D eigenvalue weighted by Gasteiger charge is -2.16. The van der Waals surface area contributed by atoms with Crippen molar-refractivity contribution in [1.82, 2.24) is 4.90 Å². The molecular weight excluding hydrogens is 230 g/mol. The molecule has 1 fully saturated rings. The fourth-order valence-electron chi connectivity index (χ4n) is 2.39. The molecule has 0 aliphatic carbocycles. The largest absolute Gasteiger partial charge is 0.481 e. The van der Waals surface area contributed by atoms with Gasteiger partial charge in [-0.25, -0.2) is 0 Å². The summed E-state index contributed by atoms with van der Waals surface area (Å²) in [5.41, 5.74) is 1.74. The molecule has 1 aliphatic heterocycles. The fraction of sp³-hybridized carbons (Fsp3) is 0.429. The molecule has 1 atom stereocenters. The van der Waals surface area contributed by atoms with Crippen molar-refractivity contribution in [2.45, 2.75) is 19.8 Å². The van der Waals surface area contributed by atoms with Gasteiger partial charge in [0, 0.05) is 25.1 Å². The molecule has 2 rings (SSSR count). The van der Waals surface area contributed by atoms with Crippen LogP contribution in [0.25, 0.3) is 0 Å². The van der Waals surface area contributed by atoms with Crippen molar-refractivity contribution < 1.29 is 14.7 Å². The van der Waals surface area contributed by atoms with Gasteiger partial charge in [-0.3, -0.25) is 9.59 Å². The van der Waals surface area contributed by atoms with Gasteiger partial charge in [0.2, 0.25) is 0 Å². The van der Waals surface area contributed by atoms with Crippen LogP contribution in [0.1, 0.15) is 28.8 Å². The lowest BCUT2D eigenvalue weighted by molar-refractivity contribution is -0.138. The zero-order valence-corrected chi connectivity index (χ0v) is 10.4. The first-order chi connectivity index (χ1) is 8.56. The predicted molar refractivity (Wildman–Crippen MR) is 67.4 cm³/mol. The third kappa shape index (κ3) is 2.88. The third-order valence-corrected chi connectivity index (χ3v) is 3.30. The molecule has 1 N–H and O–H groups in total. The minimum absolute atomic E-state index is 0.00610. The molecular formula is C14H17NO3. The summed E-state index contributed by atoms with van der Waals surface area (Å²) in [5, 5.41) is 8.75. The molecule has 0 spiro atoms. The van der Waals surface area contributed by atoms with Gasteiger partial charge in [0.25, 0.3) is 5.91 Å². The van der Waals surface area contributed by atoms with Crippen LogP contribution in [0.15, 0.2) is 24.3 Å². The van der Waals surface area contributed by atoms with Gasteiger partial charge in [0.15, 0.2) is 0 Å². The van der Waals surface area contributed by atoms with E-state index in [0.717, 1.165) is 12.0 Å². The number of carbonyl (C=O) groups excluding carboxylic acids is 1. The average molecular weight is 247 g/mol. The van der Waals surface area contributed by atoms with Crippen LogP contribution in [0.4, 0.5) is 0 Å². The zero-order valence-electron chi connectivity index (χ0n) is 10.4. The third-order valence-electron chi connectivity index (χ3n) is 3.30. The summed E-state index contributed by atoms with van der Waals surface area (Å²) in [7, 11) is 0. The summed E-state index contributed by atoms with van der Waals surface area (Å²) >= 11 is 0. The van der Waals surface area contributed by atoms with Gasteiger partial charge in [-0.2, -0.15) is 0 Å². The quantitative estimate of drug-likeness (QED) is 0.888. The number of carbonyl (C=O) groups is 2. The van der Waals surface area contributed by atoms with E-state index in [1.165, 1.54) is 0 Å². The second-order valence-electron chi connectivity index (χ2n) is 4.87. The van der Waals surface area contributed by atoms with Gasteiger partial charge in [-0.1, -0.05) is 17.7 Å². The van der Waals surface area contributed by atoms with Gasteiger partial charge in [0.1, 0.15) is 0 Å². The number of hydrogen-bond acceptors (Lipinski definition) is 2. The number of hydrogen-bond donors (Lipinski definition) is 1. The Morgan fingerprint density at radius 1 is 1.44 bits per heavy atom. The average Bonchev–Trinajstić information content (AvgIpc) is 2.75. The van der Waals surface area contributed by atoms with Gasteiger partial charge in [-0.15, -0.1) is 0 Å². The summed E-state index contributed by atoms with van der Waals surface area (Å²) in [4.78, 5) is 24.6. The molecule has 0 bridgehead atoms. The smallest absolute Gasteiger partial charge is 0.303 e. The summed E-state index contributed by atoms with van der Waals surface area (Å²) in [6, 6.07) is 7.49. The molecule has 4 nitrogen and oxygen atoms in total. The van der Waals surface area contributed by atoms with Crippen molar-refractivity contribution >= 4 is 11.9 Å². The van der Waals surface area contributed by atoms with Gasteiger partial charge in [0.05, 0.1) is 0 Å². The highest BCUT2D eigenvalue weighted by Gasteiger charge is 2.28. The second kappa shape index (κ2) is 5.21. The Kier molecular flexibility index (Phi) is 3.65. The Hall–Kier alpha value is -1.84. The van der Waals surface area contributed by atoms with E-state index in [-0.39, 0.29) is 18.2 Å². The van der Waals surface area contributed by atoms with Crippen LogP contribution in [0.5, 0.6) is 0 Å². The molecule has 18 heavy (non-hydrogen) atoms. The van der Waals surface area contributed by atoms with E-state index in [0.29, 0.717) is 18.7 Å². The Morgan fingerprint density at radius 2 is 2.22 bits per heavy atom. The maximum absolute atomic E-state index is 12.2. The predicted octanol–water partition coefficient (Wildman–Crippen LogP) is 1.93. The van der Waals surface area contributed by atoms with Gasteiger partial charge >= 0.3 is 5.97 Å². The summed E-state index contributed by atoms with van der Waals surface area (Å²) in [5.74, 6) is -0.687. The van der Waals surface area contributed by atoms with Crippen molar-refractivity contribution in [3.05, 3.63) is 35.4 Å². The molecule has 0 saturated carbocycles. The Morgan fingerprint density at radius 3 is 2.89 bits per heavy atom. The van der Waals surface area contributed by atoms with Crippen molar-refractivity contribution in [3.63, 3.8) is 0 Å². The molecule has 1 saturated heterocycles. The van der Waals surface area contributed by atoms with Crippen LogP contribution in [-0.4, -0.2) is 35.0 Å². The fourth-order valence-corrected chi connectivity index (χ4v) is 2.39. The van der Waals surface area contributed by atoms with E-state index in [1.54, 1.807) is 11.0 Å². The number of aliphatic carboxylic acids is 1. The SMILES string of the molecule is Cc1cccc(C(=O)N2CCC(CC(=O)O)C2)c1. The van der Waals surface area contributed by atoms with E-state index in [4.69, 9.17) is 5.11 Å². The summed E-state index contributed by atoms with van der Waals surface area (Å²) in [6.45, 7) is 3.16. The topological polar surface area (TPSA) is 57.6 Å². The standard InChI is InChI=1S/C14H17NO3/c1-10-3-2-4-12(7-10)14(18)15-6-5-11(9-15)8-13(16)17/h2-4,7,11H,5-6,8-9H2,1H3,(H,16,17). The van der Waals surface area contributed by atoms with Crippen molar-refractivity contribution in [3.8, 4) is 0 Å². The normalized spacial score (nSPS) is 18.9. The first kappa shape index (κ1) is 12.6. The number of rotatable bonds is 3. The molecule has 1 aliphatic rings. The van der Waals surface area contributed by atoms with Crippen molar-refractivity contribution in [2.24, 2.45) is 5.92 Å². The molecule has 4 heteroatoms. The van der Waals surface area contributed by atoms with E-state index in [2.05, 4.69) is 0 Å². The molecule has 96 valence electrons. The molecule has 1 aromatic rings. The number of carboxylic acids is 1. The highest BCUT2D eigenvalue weighted by Crippen LogP contribution is 2.21. The lowest BCUT2D eigenvalue weighted by Crippen LogP contribution is -2.29. The monoisotopic (exact) mass is 247 g/mol. The lowest BCUT2D eigenvalue weighted by atomic mass is 10.1. The van der Waals surface area contributed by atoms with Crippen LogP contribution < -0.4 is 0 Å². The summed E-state index contributed by atoms with van der Waals surface area (Å²) < 4.78 is 0. The number of carboxylic acid groups (broad SMARTS) is 1. The van der Waals surface area contributed by atoms with E-state index >= 15 is 0 Å². The maximum atomic E-state index is 12.2. The Balaban J connectivity index is 2.01. The van der Waals surface area contributed by atoms with Crippen LogP contribution in [0, 0.1) is 12.8 Å². The number of amides is 1. The van der Waals surface area contributed by atoms with Crippen LogP contribution >= 0.6 is 0 Å². The molecule has 1 amide bonds. The minimum atomic E-state index is -0.787. The highest BCUT2D eigenvalue weighted by molar-refractivity contribution is 5.94. The van der Waals surface area contributed by atoms with E-state index < -0.39 is 5.97 Å². The van der Waals surface area contributed by atoms with Crippen LogP contribution in [-0.2, 0) is 4.79 Å². The van der Waals surface area contributed by atoms with Gasteiger partial charge in [-0.05, 0) is 31.4 Å². The zero-order chi connectivity index (χ0) is 13.1. The Bertz CT molecular complexity index is 470. The molecule has 1 unspecified atom stereocenters. The minimum Gasteiger partial charge on any atom is -0.481 e. The van der Waals surface area contributed by atoms with E-state index in [9.17, 15) is 9.59 Å². The Labute approximate surface area is 106 Å². The number of likely N-dealkylation sites (tertiary alicyclic amines) is 1. The summed E-state index contributed by atoms with van der Waals surface area (Å²) in [6.07, 6.45) is 0.932. The van der Waals surface area contributed by atoms with Crippen molar-refractivity contribution in [2.75, 3.05) is 13.1 Å². The molecule has 1 heterocycles. The maximum Gasteiger partial charge on any atom is 0.303 e. The molecule has 0 aromatic heterocycles. The van der Waals surface area contributed by atoms with Crippen molar-refractivity contribution in [1.29, 1.82) is 0 Å². The number of aryl methyl sites for hydroxylation is 1. The number of benzene rings is 1. The molecule has 0 radical (unpaired) electrons. The first-order valence-corrected chi connectivity index (χ1v) is 6.14. The van der Waals surface area contributed by atoms with E-state index in [1.807, 2.05) is 25.1 Å². The molecule has 1 aromatic carbocycles. The van der Waals surface area contributed by atoms with Crippen LogP contribution in [0.3, 0.4) is 0 Å². The highest BCUT2D eigenvalue weighted by atomic mass is 16.4. The number of nitrogens with zero attached hydrogens (tertiary/aromatic N) is 1. The second-order valence-corrected chi connectivity index (χ2v) is 4.87. The van der Waals surface area contributed by atoms with Gasteiger partial charge < -0.3 is 10.0 Å².